The van der Waals surface area contributed by atoms with E-state index in [1.54, 1.807) is 17.5 Å². The first kappa shape index (κ1) is 11.4. The Balaban J connectivity index is 1.78. The van der Waals surface area contributed by atoms with Gasteiger partial charge >= 0.3 is 0 Å². The van der Waals surface area contributed by atoms with Crippen molar-refractivity contribution in [2.24, 2.45) is 0 Å². The molecule has 96 valence electrons. The molecule has 3 heterocycles. The molecule has 20 heavy (non-hydrogen) atoms. The number of benzene rings is 1. The van der Waals surface area contributed by atoms with Crippen LogP contribution in [0.15, 0.2) is 60.2 Å². The molecule has 3 nitrogen and oxygen atoms in total. The third-order valence-corrected chi connectivity index (χ3v) is 4.10. The topological polar surface area (TPSA) is 41.6 Å². The third-order valence-electron chi connectivity index (χ3n) is 3.23. The number of thiazole rings is 1. The van der Waals surface area contributed by atoms with Crippen LogP contribution in [-0.2, 0) is 0 Å². The van der Waals surface area contributed by atoms with Crippen LogP contribution >= 0.6 is 11.3 Å². The molecule has 3 aromatic heterocycles. The van der Waals surface area contributed by atoms with E-state index in [-0.39, 0.29) is 0 Å². The Morgan fingerprint density at radius 1 is 1.05 bits per heavy atom. The summed E-state index contributed by atoms with van der Waals surface area (Å²) < 4.78 is 0. The van der Waals surface area contributed by atoms with E-state index in [0.29, 0.717) is 0 Å². The second kappa shape index (κ2) is 4.58. The first-order valence-corrected chi connectivity index (χ1v) is 7.22. The fourth-order valence-corrected chi connectivity index (χ4v) is 3.03. The summed E-state index contributed by atoms with van der Waals surface area (Å²) in [4.78, 5) is 12.2. The van der Waals surface area contributed by atoms with E-state index in [4.69, 9.17) is 4.98 Å². The number of rotatable bonds is 2. The number of fused-ring (bicyclic) bond motifs is 1. The summed E-state index contributed by atoms with van der Waals surface area (Å²) in [6.07, 6.45) is 3.65. The maximum Gasteiger partial charge on any atom is 0.140 e. The number of pyridine rings is 1. The molecule has 0 bridgehead atoms. The zero-order valence-corrected chi connectivity index (χ0v) is 11.4. The normalized spacial score (nSPS) is 11.0. The maximum atomic E-state index is 4.71. The van der Waals surface area contributed by atoms with Crippen molar-refractivity contribution in [3.8, 4) is 22.0 Å². The van der Waals surface area contributed by atoms with Gasteiger partial charge in [0, 0.05) is 34.2 Å². The largest absolute Gasteiger partial charge is 0.352 e. The lowest BCUT2D eigenvalue weighted by molar-refractivity contribution is 1.34. The van der Waals surface area contributed by atoms with Crippen LogP contribution in [0.2, 0.25) is 0 Å². The molecule has 0 aliphatic carbocycles. The molecule has 0 aliphatic heterocycles. The van der Waals surface area contributed by atoms with Crippen LogP contribution in [-0.4, -0.2) is 15.0 Å². The van der Waals surface area contributed by atoms with Crippen molar-refractivity contribution in [2.45, 2.75) is 0 Å². The summed E-state index contributed by atoms with van der Waals surface area (Å²) in [6.45, 7) is 0. The van der Waals surface area contributed by atoms with E-state index in [1.807, 2.05) is 30.5 Å². The molecule has 0 saturated heterocycles. The number of nitrogens with zero attached hydrogens (tertiary/aromatic N) is 2. The molecule has 0 amide bonds. The second-order valence-electron chi connectivity index (χ2n) is 4.55. The van der Waals surface area contributed by atoms with Crippen molar-refractivity contribution in [3.63, 3.8) is 0 Å². The van der Waals surface area contributed by atoms with Gasteiger partial charge in [-0.3, -0.25) is 4.98 Å². The first-order chi connectivity index (χ1) is 9.90. The van der Waals surface area contributed by atoms with Crippen molar-refractivity contribution in [1.29, 1.82) is 0 Å². The Morgan fingerprint density at radius 2 is 1.95 bits per heavy atom. The van der Waals surface area contributed by atoms with Gasteiger partial charge in [-0.2, -0.15) is 0 Å². The van der Waals surface area contributed by atoms with E-state index in [1.165, 1.54) is 0 Å². The summed E-state index contributed by atoms with van der Waals surface area (Å²) >= 11 is 1.65. The van der Waals surface area contributed by atoms with Crippen LogP contribution in [0.1, 0.15) is 0 Å². The summed E-state index contributed by atoms with van der Waals surface area (Å²) in [6, 6.07) is 14.3. The number of aromatic amines is 1. The van der Waals surface area contributed by atoms with Crippen LogP contribution in [0, 0.1) is 0 Å². The molecule has 4 heteroatoms. The van der Waals surface area contributed by atoms with Crippen LogP contribution in [0.3, 0.4) is 0 Å². The molecular formula is C16H11N3S. The highest BCUT2D eigenvalue weighted by Crippen LogP contribution is 2.30. The fraction of sp³-hybridized carbons (Fsp3) is 0. The standard InChI is InChI=1S/C16H11N3S/c1-2-4-11(5-3-1)15-10-20-16(19-15)14-8-12-9-17-7-6-13(12)18-14/h1-10,18H. The molecule has 1 N–H and O–H groups in total. The van der Waals surface area contributed by atoms with E-state index >= 15 is 0 Å². The monoisotopic (exact) mass is 277 g/mol. The van der Waals surface area contributed by atoms with Crippen LogP contribution in [0.5, 0.6) is 0 Å². The van der Waals surface area contributed by atoms with Crippen LogP contribution < -0.4 is 0 Å². The van der Waals surface area contributed by atoms with E-state index in [0.717, 1.165) is 32.9 Å². The van der Waals surface area contributed by atoms with Gasteiger partial charge in [0.05, 0.1) is 11.4 Å². The quantitative estimate of drug-likeness (QED) is 0.591. The molecule has 0 atom stereocenters. The SMILES string of the molecule is c1ccc(-c2csc(-c3cc4cnccc4[nH]3)n2)cc1. The highest BCUT2D eigenvalue weighted by molar-refractivity contribution is 7.13. The number of aromatic nitrogens is 3. The average Bonchev–Trinajstić information content (AvgIpc) is 3.14. The van der Waals surface area contributed by atoms with Gasteiger partial charge in [-0.25, -0.2) is 4.98 Å². The van der Waals surface area contributed by atoms with Crippen molar-refractivity contribution in [1.82, 2.24) is 15.0 Å². The highest BCUT2D eigenvalue weighted by Gasteiger charge is 2.09. The predicted octanol–water partition coefficient (Wildman–Crippen LogP) is 4.35. The predicted molar refractivity (Wildman–Crippen MR) is 82.6 cm³/mol. The summed E-state index contributed by atoms with van der Waals surface area (Å²) in [5, 5.41) is 4.20. The molecule has 1 aromatic carbocycles. The molecular weight excluding hydrogens is 266 g/mol. The fourth-order valence-electron chi connectivity index (χ4n) is 2.23. The molecule has 0 saturated carbocycles. The second-order valence-corrected chi connectivity index (χ2v) is 5.41. The van der Waals surface area contributed by atoms with Crippen molar-refractivity contribution in [3.05, 3.63) is 60.2 Å². The zero-order valence-electron chi connectivity index (χ0n) is 10.6. The molecule has 0 unspecified atom stereocenters. The van der Waals surface area contributed by atoms with Crippen molar-refractivity contribution in [2.75, 3.05) is 0 Å². The molecule has 0 fully saturated rings. The molecule has 4 rings (SSSR count). The molecule has 0 spiro atoms. The van der Waals surface area contributed by atoms with Gasteiger partial charge < -0.3 is 4.98 Å². The van der Waals surface area contributed by atoms with E-state index < -0.39 is 0 Å². The summed E-state index contributed by atoms with van der Waals surface area (Å²) in [5.41, 5.74) is 4.29. The highest BCUT2D eigenvalue weighted by atomic mass is 32.1. The Bertz CT molecular complexity index is 828. The molecule has 0 aliphatic rings. The summed E-state index contributed by atoms with van der Waals surface area (Å²) in [5.74, 6) is 0. The van der Waals surface area contributed by atoms with Crippen LogP contribution in [0.25, 0.3) is 32.9 Å². The Kier molecular flexibility index (Phi) is 2.60. The minimum atomic E-state index is 1.00. The van der Waals surface area contributed by atoms with Gasteiger partial charge in [0.15, 0.2) is 0 Å². The Morgan fingerprint density at radius 3 is 2.80 bits per heavy atom. The smallest absolute Gasteiger partial charge is 0.140 e. The van der Waals surface area contributed by atoms with Crippen molar-refractivity contribution < 1.29 is 0 Å². The van der Waals surface area contributed by atoms with Crippen LogP contribution in [0.4, 0.5) is 0 Å². The molecule has 4 aromatic rings. The first-order valence-electron chi connectivity index (χ1n) is 6.34. The van der Waals surface area contributed by atoms with Gasteiger partial charge in [0.2, 0.25) is 0 Å². The van der Waals surface area contributed by atoms with Gasteiger partial charge in [0.25, 0.3) is 0 Å². The number of H-pyrrole nitrogens is 1. The van der Waals surface area contributed by atoms with E-state index in [9.17, 15) is 0 Å². The lowest BCUT2D eigenvalue weighted by Crippen LogP contribution is -1.78. The third kappa shape index (κ3) is 1.90. The zero-order chi connectivity index (χ0) is 13.4. The van der Waals surface area contributed by atoms with Crippen molar-refractivity contribution >= 4 is 22.2 Å². The maximum absolute atomic E-state index is 4.71. The Labute approximate surface area is 120 Å². The number of hydrogen-bond donors (Lipinski definition) is 1. The average molecular weight is 277 g/mol. The van der Waals surface area contributed by atoms with Gasteiger partial charge in [-0.1, -0.05) is 30.3 Å². The lowest BCUT2D eigenvalue weighted by atomic mass is 10.2. The van der Waals surface area contributed by atoms with E-state index in [2.05, 4.69) is 33.5 Å². The minimum Gasteiger partial charge on any atom is -0.352 e. The summed E-state index contributed by atoms with van der Waals surface area (Å²) in [7, 11) is 0. The number of nitrogens with one attached hydrogen (secondary N) is 1. The molecule has 0 radical (unpaired) electrons. The van der Waals surface area contributed by atoms with Gasteiger partial charge in [-0.15, -0.1) is 11.3 Å². The van der Waals surface area contributed by atoms with Gasteiger partial charge in [-0.05, 0) is 12.1 Å². The number of hydrogen-bond acceptors (Lipinski definition) is 3. The Hall–Kier alpha value is -2.46. The minimum absolute atomic E-state index is 1.00. The van der Waals surface area contributed by atoms with Gasteiger partial charge in [0.1, 0.15) is 5.01 Å². The lowest BCUT2D eigenvalue weighted by Gasteiger charge is -1.94.